The minimum atomic E-state index is 0. The molecule has 0 aliphatic carbocycles. The van der Waals surface area contributed by atoms with Crippen LogP contribution in [0.4, 0.5) is 0 Å². The summed E-state index contributed by atoms with van der Waals surface area (Å²) < 4.78 is 0. The molecular formula is C7H7U-. The van der Waals surface area contributed by atoms with Gasteiger partial charge in [-0.1, -0.05) is 6.92 Å². The molecule has 0 spiro atoms. The largest absolute Gasteiger partial charge is 0.181 e. The Bertz CT molecular complexity index is 134. The van der Waals surface area contributed by atoms with Crippen molar-refractivity contribution in [1.82, 2.24) is 0 Å². The summed E-state index contributed by atoms with van der Waals surface area (Å²) in [5.41, 5.74) is 1.20. The van der Waals surface area contributed by atoms with Gasteiger partial charge in [-0.15, -0.1) is 0 Å². The topological polar surface area (TPSA) is 0 Å². The van der Waals surface area contributed by atoms with E-state index in [4.69, 9.17) is 0 Å². The Kier molecular flexibility index (Phi) is 4.32. The van der Waals surface area contributed by atoms with E-state index in [1.165, 1.54) is 5.56 Å². The third-order valence-corrected chi connectivity index (χ3v) is 0.865. The maximum atomic E-state index is 3.03. The number of rotatable bonds is 0. The van der Waals surface area contributed by atoms with Crippen LogP contribution in [0.2, 0.25) is 0 Å². The fourth-order valence-corrected chi connectivity index (χ4v) is 0.483. The van der Waals surface area contributed by atoms with E-state index in [1.54, 1.807) is 0 Å². The molecule has 0 saturated carbocycles. The Morgan fingerprint density at radius 1 is 1.38 bits per heavy atom. The van der Waals surface area contributed by atoms with Gasteiger partial charge in [0.1, 0.15) is 0 Å². The van der Waals surface area contributed by atoms with E-state index in [0.29, 0.717) is 0 Å². The summed E-state index contributed by atoms with van der Waals surface area (Å²) >= 11 is 0. The Labute approximate surface area is 73.7 Å². The van der Waals surface area contributed by atoms with Gasteiger partial charge >= 0.3 is 0 Å². The molecular weight excluding hydrogens is 322 g/mol. The molecule has 40 valence electrons. The molecule has 0 saturated heterocycles. The Morgan fingerprint density at radius 2 is 2.12 bits per heavy atom. The van der Waals surface area contributed by atoms with Crippen LogP contribution in [0.5, 0.6) is 0 Å². The quantitative estimate of drug-likeness (QED) is 0.637. The maximum absolute atomic E-state index is 3.03. The molecule has 0 amide bonds. The van der Waals surface area contributed by atoms with Gasteiger partial charge in [0, 0.05) is 31.1 Å². The van der Waals surface area contributed by atoms with Gasteiger partial charge in [-0.3, -0.25) is 0 Å². The SMILES string of the molecule is Cc1[c-]cccc1.[U]. The second kappa shape index (κ2) is 4.18. The van der Waals surface area contributed by atoms with Crippen molar-refractivity contribution in [3.05, 3.63) is 35.9 Å². The predicted octanol–water partition coefficient (Wildman–Crippen LogP) is 1.80. The first kappa shape index (κ1) is 8.27. The van der Waals surface area contributed by atoms with Crippen LogP contribution in [-0.2, 0) is 0 Å². The van der Waals surface area contributed by atoms with Crippen LogP contribution in [0.25, 0.3) is 0 Å². The van der Waals surface area contributed by atoms with Gasteiger partial charge in [-0.25, -0.2) is 0 Å². The molecule has 0 nitrogen and oxygen atoms in total. The standard InChI is InChI=1S/C7H7.U/c1-7-5-3-2-4-6-7;/h2-5H,1H3;/q-1;. The molecule has 0 N–H and O–H groups in total. The van der Waals surface area contributed by atoms with Gasteiger partial charge in [0.05, 0.1) is 0 Å². The molecule has 0 heterocycles. The van der Waals surface area contributed by atoms with E-state index in [9.17, 15) is 0 Å². The Hall–Kier alpha value is 0.272. The summed E-state index contributed by atoms with van der Waals surface area (Å²) in [6.45, 7) is 2.03. The summed E-state index contributed by atoms with van der Waals surface area (Å²) in [4.78, 5) is 0. The van der Waals surface area contributed by atoms with E-state index < -0.39 is 0 Å². The molecule has 1 aromatic carbocycles. The van der Waals surface area contributed by atoms with Crippen LogP contribution in [0, 0.1) is 44.1 Å². The minimum Gasteiger partial charge on any atom is -0.181 e. The van der Waals surface area contributed by atoms with Crippen molar-refractivity contribution < 1.29 is 31.1 Å². The van der Waals surface area contributed by atoms with Crippen molar-refractivity contribution in [3.63, 3.8) is 0 Å². The van der Waals surface area contributed by atoms with Crippen molar-refractivity contribution in [1.29, 1.82) is 0 Å². The van der Waals surface area contributed by atoms with Crippen molar-refractivity contribution in [3.8, 4) is 0 Å². The molecule has 1 rings (SSSR count). The third kappa shape index (κ3) is 2.55. The molecule has 0 bridgehead atoms. The number of aryl methyl sites for hydroxylation is 1. The molecule has 0 unspecified atom stereocenters. The van der Waals surface area contributed by atoms with Gasteiger partial charge in [0.15, 0.2) is 0 Å². The minimum absolute atomic E-state index is 0. The predicted molar refractivity (Wildman–Crippen MR) is 30.0 cm³/mol. The molecule has 8 heavy (non-hydrogen) atoms. The van der Waals surface area contributed by atoms with Crippen LogP contribution >= 0.6 is 0 Å². The molecule has 1 aromatic rings. The number of benzene rings is 1. The normalized spacial score (nSPS) is 7.62. The molecule has 0 atom stereocenters. The van der Waals surface area contributed by atoms with Crippen molar-refractivity contribution in [2.45, 2.75) is 6.92 Å². The van der Waals surface area contributed by atoms with Crippen molar-refractivity contribution in [2.24, 2.45) is 0 Å². The van der Waals surface area contributed by atoms with Crippen LogP contribution in [0.1, 0.15) is 5.56 Å². The zero-order chi connectivity index (χ0) is 5.11. The first-order chi connectivity index (χ1) is 3.39. The summed E-state index contributed by atoms with van der Waals surface area (Å²) in [6, 6.07) is 10.9. The van der Waals surface area contributed by atoms with Crippen molar-refractivity contribution >= 4 is 0 Å². The van der Waals surface area contributed by atoms with E-state index >= 15 is 0 Å². The summed E-state index contributed by atoms with van der Waals surface area (Å²) in [6.07, 6.45) is 0. The smallest absolute Gasteiger partial charge is 0 e. The van der Waals surface area contributed by atoms with E-state index in [2.05, 4.69) is 6.07 Å². The first-order valence-electron chi connectivity index (χ1n) is 2.33. The zero-order valence-corrected chi connectivity index (χ0v) is 8.97. The van der Waals surface area contributed by atoms with E-state index in [1.807, 2.05) is 31.2 Å². The van der Waals surface area contributed by atoms with Crippen LogP contribution in [0.15, 0.2) is 24.3 Å². The van der Waals surface area contributed by atoms with Crippen molar-refractivity contribution in [2.75, 3.05) is 0 Å². The second-order valence-electron chi connectivity index (χ2n) is 1.55. The molecule has 0 aliphatic rings. The van der Waals surface area contributed by atoms with E-state index in [0.717, 1.165) is 0 Å². The Morgan fingerprint density at radius 3 is 2.38 bits per heavy atom. The average Bonchev–Trinajstić information content (AvgIpc) is 1.69. The molecule has 0 aliphatic heterocycles. The number of hydrogen-bond donors (Lipinski definition) is 0. The van der Waals surface area contributed by atoms with Crippen LogP contribution in [0.3, 0.4) is 0 Å². The molecule has 1 heteroatoms. The average molecular weight is 329 g/mol. The molecule has 0 radical (unpaired) electrons. The van der Waals surface area contributed by atoms with Gasteiger partial charge in [0.2, 0.25) is 0 Å². The second-order valence-corrected chi connectivity index (χ2v) is 1.55. The van der Waals surface area contributed by atoms with Crippen LogP contribution in [-0.4, -0.2) is 0 Å². The van der Waals surface area contributed by atoms with E-state index in [-0.39, 0.29) is 31.1 Å². The summed E-state index contributed by atoms with van der Waals surface area (Å²) in [7, 11) is 0. The summed E-state index contributed by atoms with van der Waals surface area (Å²) in [5, 5.41) is 0. The van der Waals surface area contributed by atoms with Crippen LogP contribution < -0.4 is 0 Å². The maximum Gasteiger partial charge on any atom is 0 e. The fourth-order valence-electron chi connectivity index (χ4n) is 0.483. The first-order valence-corrected chi connectivity index (χ1v) is 2.33. The zero-order valence-electron chi connectivity index (χ0n) is 4.81. The van der Waals surface area contributed by atoms with Gasteiger partial charge < -0.3 is 0 Å². The summed E-state index contributed by atoms with van der Waals surface area (Å²) in [5.74, 6) is 0. The monoisotopic (exact) mass is 329 g/mol. The van der Waals surface area contributed by atoms with Gasteiger partial charge in [-0.2, -0.15) is 35.9 Å². The molecule has 0 fully saturated rings. The number of hydrogen-bond acceptors (Lipinski definition) is 0. The fraction of sp³-hybridized carbons (Fsp3) is 0.143. The van der Waals surface area contributed by atoms with Gasteiger partial charge in [0.25, 0.3) is 0 Å². The molecule has 0 aromatic heterocycles. The Balaban J connectivity index is 0.000000490. The third-order valence-electron chi connectivity index (χ3n) is 0.865. The van der Waals surface area contributed by atoms with Gasteiger partial charge in [-0.05, 0) is 0 Å².